The van der Waals surface area contributed by atoms with Gasteiger partial charge in [-0.15, -0.1) is 0 Å². The quantitative estimate of drug-likeness (QED) is 0.710. The van der Waals surface area contributed by atoms with Crippen LogP contribution in [0.5, 0.6) is 5.75 Å². The Morgan fingerprint density at radius 3 is 2.56 bits per heavy atom. The first-order valence-corrected chi connectivity index (χ1v) is 4.75. The van der Waals surface area contributed by atoms with E-state index in [9.17, 15) is 14.7 Å². The molecule has 86 valence electrons. The predicted molar refractivity (Wildman–Crippen MR) is 57.4 cm³/mol. The van der Waals surface area contributed by atoms with Crippen molar-refractivity contribution in [1.82, 2.24) is 5.32 Å². The molecule has 0 spiro atoms. The van der Waals surface area contributed by atoms with Crippen molar-refractivity contribution in [2.45, 2.75) is 19.9 Å². The Bertz CT molecular complexity index is 428. The van der Waals surface area contributed by atoms with Gasteiger partial charge < -0.3 is 15.5 Å². The number of hydrogen-bond donors (Lipinski definition) is 3. The Hall–Kier alpha value is -2.04. The molecule has 0 aliphatic heterocycles. The standard InChI is InChI=1S/C11H13NO4/c1-6-8(4-3-5-9(6)13)10(14)12-7(2)11(15)16/h3-5,7,13H,1-2H3,(H,12,14)(H,15,16)/t7-/m1/s1. The van der Waals surface area contributed by atoms with Crippen molar-refractivity contribution >= 4 is 11.9 Å². The van der Waals surface area contributed by atoms with Crippen molar-refractivity contribution in [1.29, 1.82) is 0 Å². The maximum atomic E-state index is 11.6. The number of carboxylic acid groups (broad SMARTS) is 1. The van der Waals surface area contributed by atoms with Crippen molar-refractivity contribution in [3.8, 4) is 5.75 Å². The fourth-order valence-electron chi connectivity index (χ4n) is 1.21. The molecule has 1 aromatic carbocycles. The van der Waals surface area contributed by atoms with E-state index in [1.807, 2.05) is 0 Å². The highest BCUT2D eigenvalue weighted by atomic mass is 16.4. The first kappa shape index (κ1) is 12.0. The van der Waals surface area contributed by atoms with Crippen LogP contribution in [0.1, 0.15) is 22.8 Å². The molecule has 1 rings (SSSR count). The highest BCUT2D eigenvalue weighted by molar-refractivity contribution is 5.98. The van der Waals surface area contributed by atoms with E-state index in [0.29, 0.717) is 5.56 Å². The smallest absolute Gasteiger partial charge is 0.325 e. The van der Waals surface area contributed by atoms with Gasteiger partial charge >= 0.3 is 5.97 Å². The molecule has 3 N–H and O–H groups in total. The van der Waals surface area contributed by atoms with E-state index in [0.717, 1.165) is 0 Å². The maximum absolute atomic E-state index is 11.6. The molecule has 0 saturated heterocycles. The normalized spacial score (nSPS) is 11.9. The third-order valence-electron chi connectivity index (χ3n) is 2.27. The third kappa shape index (κ3) is 2.50. The van der Waals surface area contributed by atoms with E-state index in [2.05, 4.69) is 5.32 Å². The fourth-order valence-corrected chi connectivity index (χ4v) is 1.21. The highest BCUT2D eigenvalue weighted by Gasteiger charge is 2.17. The van der Waals surface area contributed by atoms with Crippen LogP contribution < -0.4 is 5.32 Å². The van der Waals surface area contributed by atoms with Crippen LogP contribution in [0.2, 0.25) is 0 Å². The molecule has 0 aromatic heterocycles. The summed E-state index contributed by atoms with van der Waals surface area (Å²) in [5.74, 6) is -1.61. The summed E-state index contributed by atoms with van der Waals surface area (Å²) in [7, 11) is 0. The highest BCUT2D eigenvalue weighted by Crippen LogP contribution is 2.19. The molecule has 16 heavy (non-hydrogen) atoms. The molecule has 0 aliphatic carbocycles. The zero-order valence-electron chi connectivity index (χ0n) is 9.02. The lowest BCUT2D eigenvalue weighted by molar-refractivity contribution is -0.138. The Kier molecular flexibility index (Phi) is 3.50. The SMILES string of the molecule is Cc1c(O)cccc1C(=O)N[C@H](C)C(=O)O. The van der Waals surface area contributed by atoms with E-state index in [1.165, 1.54) is 25.1 Å². The largest absolute Gasteiger partial charge is 0.508 e. The number of aliphatic carboxylic acids is 1. The van der Waals surface area contributed by atoms with E-state index < -0.39 is 17.9 Å². The third-order valence-corrected chi connectivity index (χ3v) is 2.27. The number of aromatic hydroxyl groups is 1. The van der Waals surface area contributed by atoms with Crippen molar-refractivity contribution < 1.29 is 19.8 Å². The first-order valence-electron chi connectivity index (χ1n) is 4.75. The molecule has 0 heterocycles. The Morgan fingerprint density at radius 2 is 2.00 bits per heavy atom. The number of amides is 1. The van der Waals surface area contributed by atoms with Gasteiger partial charge in [-0.2, -0.15) is 0 Å². The lowest BCUT2D eigenvalue weighted by Gasteiger charge is -2.11. The van der Waals surface area contributed by atoms with Crippen LogP contribution in [-0.2, 0) is 4.79 Å². The second kappa shape index (κ2) is 4.65. The summed E-state index contributed by atoms with van der Waals surface area (Å²) in [6.45, 7) is 2.97. The number of carbonyl (C=O) groups is 2. The van der Waals surface area contributed by atoms with Crippen LogP contribution in [0.3, 0.4) is 0 Å². The molecule has 1 aromatic rings. The fraction of sp³-hybridized carbons (Fsp3) is 0.273. The van der Waals surface area contributed by atoms with Crippen LogP contribution in [-0.4, -0.2) is 28.1 Å². The minimum Gasteiger partial charge on any atom is -0.508 e. The molecular formula is C11H13NO4. The minimum atomic E-state index is -1.11. The number of hydrogen-bond acceptors (Lipinski definition) is 3. The molecule has 0 aliphatic rings. The molecule has 5 heteroatoms. The van der Waals surface area contributed by atoms with Gasteiger partial charge in [-0.3, -0.25) is 9.59 Å². The van der Waals surface area contributed by atoms with Crippen molar-refractivity contribution in [3.63, 3.8) is 0 Å². The summed E-state index contributed by atoms with van der Waals surface area (Å²) in [5.41, 5.74) is 0.700. The van der Waals surface area contributed by atoms with Gasteiger partial charge in [0.1, 0.15) is 11.8 Å². The minimum absolute atomic E-state index is 0.00984. The average Bonchev–Trinajstić information content (AvgIpc) is 2.21. The summed E-state index contributed by atoms with van der Waals surface area (Å²) < 4.78 is 0. The Labute approximate surface area is 92.7 Å². The molecule has 1 atom stereocenters. The molecule has 5 nitrogen and oxygen atoms in total. The zero-order valence-corrected chi connectivity index (χ0v) is 9.02. The molecule has 0 saturated carbocycles. The summed E-state index contributed by atoms with van der Waals surface area (Å²) in [6, 6.07) is 3.56. The number of rotatable bonds is 3. The van der Waals surface area contributed by atoms with Gasteiger partial charge in [0.25, 0.3) is 5.91 Å². The van der Waals surface area contributed by atoms with E-state index in [4.69, 9.17) is 5.11 Å². The van der Waals surface area contributed by atoms with Crippen LogP contribution >= 0.6 is 0 Å². The van der Waals surface area contributed by atoms with Crippen LogP contribution in [0.4, 0.5) is 0 Å². The van der Waals surface area contributed by atoms with Crippen molar-refractivity contribution in [2.75, 3.05) is 0 Å². The van der Waals surface area contributed by atoms with Gasteiger partial charge in [0.05, 0.1) is 0 Å². The number of carbonyl (C=O) groups excluding carboxylic acids is 1. The van der Waals surface area contributed by atoms with Gasteiger partial charge in [-0.25, -0.2) is 0 Å². The molecule has 0 unspecified atom stereocenters. The monoisotopic (exact) mass is 223 g/mol. The molecule has 1 amide bonds. The lowest BCUT2D eigenvalue weighted by atomic mass is 10.1. The molecule has 0 radical (unpaired) electrons. The lowest BCUT2D eigenvalue weighted by Crippen LogP contribution is -2.38. The van der Waals surface area contributed by atoms with E-state index >= 15 is 0 Å². The topological polar surface area (TPSA) is 86.6 Å². The van der Waals surface area contributed by atoms with Gasteiger partial charge in [-0.1, -0.05) is 6.07 Å². The van der Waals surface area contributed by atoms with Gasteiger partial charge in [0.2, 0.25) is 0 Å². The van der Waals surface area contributed by atoms with Gasteiger partial charge in [0.15, 0.2) is 0 Å². The van der Waals surface area contributed by atoms with Gasteiger partial charge in [-0.05, 0) is 26.0 Å². The number of phenols is 1. The van der Waals surface area contributed by atoms with E-state index in [1.54, 1.807) is 6.92 Å². The summed E-state index contributed by atoms with van der Waals surface area (Å²) in [4.78, 5) is 22.2. The van der Waals surface area contributed by atoms with Crippen LogP contribution in [0.25, 0.3) is 0 Å². The molecule has 0 fully saturated rings. The zero-order chi connectivity index (χ0) is 12.3. The van der Waals surface area contributed by atoms with Crippen LogP contribution in [0, 0.1) is 6.92 Å². The summed E-state index contributed by atoms with van der Waals surface area (Å²) in [6.07, 6.45) is 0. The number of benzene rings is 1. The molecular weight excluding hydrogens is 210 g/mol. The number of nitrogens with one attached hydrogen (secondary N) is 1. The van der Waals surface area contributed by atoms with Gasteiger partial charge in [0, 0.05) is 11.1 Å². The number of phenolic OH excluding ortho intramolecular Hbond substituents is 1. The predicted octanol–water partition coefficient (Wildman–Crippen LogP) is 0.904. The summed E-state index contributed by atoms with van der Waals surface area (Å²) in [5, 5.41) is 20.3. The molecule has 0 bridgehead atoms. The van der Waals surface area contributed by atoms with E-state index in [-0.39, 0.29) is 11.3 Å². The second-order valence-electron chi connectivity index (χ2n) is 3.48. The Balaban J connectivity index is 2.89. The second-order valence-corrected chi connectivity index (χ2v) is 3.48. The van der Waals surface area contributed by atoms with Crippen molar-refractivity contribution in [3.05, 3.63) is 29.3 Å². The Morgan fingerprint density at radius 1 is 1.38 bits per heavy atom. The first-order chi connectivity index (χ1) is 7.43. The average molecular weight is 223 g/mol. The summed E-state index contributed by atoms with van der Waals surface area (Å²) >= 11 is 0. The van der Waals surface area contributed by atoms with Crippen LogP contribution in [0.15, 0.2) is 18.2 Å². The maximum Gasteiger partial charge on any atom is 0.325 e. The number of carboxylic acids is 1. The van der Waals surface area contributed by atoms with Crippen molar-refractivity contribution in [2.24, 2.45) is 0 Å².